The van der Waals surface area contributed by atoms with Gasteiger partial charge < -0.3 is 20.7 Å². The summed E-state index contributed by atoms with van der Waals surface area (Å²) in [5.41, 5.74) is 6.00. The fraction of sp³-hybridized carbons (Fsp3) is 0. The number of fused-ring (bicyclic) bond motifs is 3. The first kappa shape index (κ1) is 21.1. The van der Waals surface area contributed by atoms with E-state index in [0.717, 1.165) is 0 Å². The quantitative estimate of drug-likeness (QED) is 0.115. The van der Waals surface area contributed by atoms with E-state index in [9.17, 15) is 19.2 Å². The second-order valence-electron chi connectivity index (χ2n) is 6.12. The van der Waals surface area contributed by atoms with E-state index in [1.165, 1.54) is 19.0 Å². The van der Waals surface area contributed by atoms with Crippen LogP contribution in [-0.4, -0.2) is 59.8 Å². The number of nitrogens with one attached hydrogen (secondary N) is 8. The Hall–Kier alpha value is -5.13. The van der Waals surface area contributed by atoms with Gasteiger partial charge in [0.1, 0.15) is 15.7 Å². The predicted molar refractivity (Wildman–Crippen MR) is 118 cm³/mol. The normalized spacial score (nSPS) is 10.5. The molecule has 10 N–H and O–H groups in total. The number of aromatic nitrogens is 12. The Bertz CT molecular complexity index is 1770. The highest BCUT2D eigenvalue weighted by Gasteiger charge is 2.02. The third-order valence-electron chi connectivity index (χ3n) is 3.97. The molecule has 0 radical (unpaired) electrons. The van der Waals surface area contributed by atoms with Crippen LogP contribution in [0.25, 0.3) is 33.5 Å². The molecule has 0 unspecified atom stereocenters. The maximum atomic E-state index is 11.0. The summed E-state index contributed by atoms with van der Waals surface area (Å²) in [7, 11) is 0. The number of nitrogens with two attached hydrogens (primary N) is 1. The number of nitrogens with zero attached hydrogens (tertiary/aromatic N) is 4. The van der Waals surface area contributed by atoms with E-state index < -0.39 is 11.2 Å². The van der Waals surface area contributed by atoms with Crippen LogP contribution in [0.3, 0.4) is 0 Å². The van der Waals surface area contributed by atoms with Gasteiger partial charge >= 0.3 is 11.4 Å². The first-order chi connectivity index (χ1) is 15.8. The molecule has 0 amide bonds. The second-order valence-corrected chi connectivity index (χ2v) is 6.53. The van der Waals surface area contributed by atoms with Crippen LogP contribution in [0.2, 0.25) is 0 Å². The Morgan fingerprint density at radius 3 is 1.94 bits per heavy atom. The molecule has 0 saturated heterocycles. The summed E-state index contributed by atoms with van der Waals surface area (Å²) in [6.45, 7) is 0. The number of H-pyrrole nitrogens is 8. The maximum Gasteiger partial charge on any atom is 0.327 e. The van der Waals surface area contributed by atoms with E-state index in [1.54, 1.807) is 0 Å². The summed E-state index contributed by atoms with van der Waals surface area (Å²) in [6, 6.07) is 0. The van der Waals surface area contributed by atoms with Crippen LogP contribution in [-0.2, 0) is 0 Å². The van der Waals surface area contributed by atoms with Crippen molar-refractivity contribution in [3.8, 4) is 0 Å². The molecule has 0 aromatic carbocycles. The number of hydrogen-bond acceptors (Lipinski definition) is 10. The van der Waals surface area contributed by atoms with Gasteiger partial charge in [0.2, 0.25) is 5.95 Å². The predicted octanol–water partition coefficient (Wildman–Crippen LogP) is -1.52. The van der Waals surface area contributed by atoms with Gasteiger partial charge in [0, 0.05) is 0 Å². The van der Waals surface area contributed by atoms with Crippen LogP contribution in [0.1, 0.15) is 0 Å². The summed E-state index contributed by atoms with van der Waals surface area (Å²) in [5.74, 6) is 0.0783. The zero-order chi connectivity index (χ0) is 23.5. The average Bonchev–Trinajstić information content (AvgIpc) is 3.48. The van der Waals surface area contributed by atoms with Gasteiger partial charge in [-0.2, -0.15) is 4.98 Å². The molecule has 0 fully saturated rings. The summed E-state index contributed by atoms with van der Waals surface area (Å²) in [6.07, 6.45) is 4.21. The molecule has 168 valence electrons. The minimum absolute atomic E-state index is 0.0783. The zero-order valence-corrected chi connectivity index (χ0v) is 17.0. The summed E-state index contributed by atoms with van der Waals surface area (Å²) in [5, 5.41) is 0. The molecule has 0 bridgehead atoms. The van der Waals surface area contributed by atoms with Gasteiger partial charge in [-0.05, 0) is 0 Å². The minimum atomic E-state index is -0.547. The smallest absolute Gasteiger partial charge is 0.327 e. The van der Waals surface area contributed by atoms with Gasteiger partial charge in [-0.25, -0.2) is 24.5 Å². The summed E-state index contributed by atoms with van der Waals surface area (Å²) >= 11 is 4.85. The van der Waals surface area contributed by atoms with Gasteiger partial charge in [0.25, 0.3) is 11.1 Å². The molecule has 0 aliphatic carbocycles. The number of nitrogen functional groups attached to an aromatic ring is 1. The Labute approximate surface area is 183 Å². The fourth-order valence-corrected chi connectivity index (χ4v) is 2.84. The molecule has 0 spiro atoms. The minimum Gasteiger partial charge on any atom is -0.369 e. The lowest BCUT2D eigenvalue weighted by Crippen LogP contribution is -2.21. The lowest BCUT2D eigenvalue weighted by molar-refractivity contribution is 1.07. The first-order valence-electron chi connectivity index (χ1n) is 8.82. The molecule has 0 aliphatic heterocycles. The highest BCUT2D eigenvalue weighted by molar-refractivity contribution is 7.71. The molecule has 6 aromatic rings. The molecule has 18 heteroatoms. The van der Waals surface area contributed by atoms with Crippen LogP contribution >= 0.6 is 12.2 Å². The molecule has 0 saturated carbocycles. The van der Waals surface area contributed by atoms with Crippen molar-refractivity contribution >= 4 is 51.7 Å². The van der Waals surface area contributed by atoms with Gasteiger partial charge in [-0.15, -0.1) is 0 Å². The number of aromatic amines is 8. The van der Waals surface area contributed by atoms with Crippen LogP contribution in [0.5, 0.6) is 0 Å². The average molecular weight is 471 g/mol. The van der Waals surface area contributed by atoms with E-state index in [0.29, 0.717) is 27.0 Å². The van der Waals surface area contributed by atoms with Crippen LogP contribution in [0.15, 0.2) is 38.2 Å². The van der Waals surface area contributed by atoms with Gasteiger partial charge in [-0.1, -0.05) is 12.2 Å². The molecular weight excluding hydrogens is 458 g/mol. The highest BCUT2D eigenvalue weighted by Crippen LogP contribution is 2.01. The molecule has 17 nitrogen and oxygen atoms in total. The number of rotatable bonds is 0. The van der Waals surface area contributed by atoms with E-state index in [1.807, 2.05) is 0 Å². The van der Waals surface area contributed by atoms with Crippen molar-refractivity contribution in [2.45, 2.75) is 0 Å². The highest BCUT2D eigenvalue weighted by atomic mass is 32.1. The first-order valence-corrected chi connectivity index (χ1v) is 9.23. The van der Waals surface area contributed by atoms with Crippen molar-refractivity contribution in [3.05, 3.63) is 65.3 Å². The lowest BCUT2D eigenvalue weighted by atomic mass is 10.5. The molecular formula is C15H13N13O4S. The van der Waals surface area contributed by atoms with E-state index in [4.69, 9.17) is 18.0 Å². The lowest BCUT2D eigenvalue weighted by Gasteiger charge is -1.89. The van der Waals surface area contributed by atoms with Gasteiger partial charge in [0.15, 0.2) is 22.5 Å². The Morgan fingerprint density at radius 2 is 1.21 bits per heavy atom. The molecule has 6 heterocycles. The van der Waals surface area contributed by atoms with Crippen molar-refractivity contribution in [1.82, 2.24) is 59.8 Å². The standard InChI is InChI=1S/C5H5N5O.C5H4N4O2.C5H4N4OS/c6-5-9-3-2(4(11)10-5)7-1-8-3;10-4-2-3(7-1-6-2)8-5(11)9-4;10-5-8-3-2(4(11)9-5)6-1-7-3/h1H,(H4,6,7,8,9,10,11);2*1H,(H3,6,7,8,9,10,11). The second kappa shape index (κ2) is 8.55. The third-order valence-corrected chi connectivity index (χ3v) is 4.27. The Morgan fingerprint density at radius 1 is 0.667 bits per heavy atom. The van der Waals surface area contributed by atoms with E-state index in [-0.39, 0.29) is 28.4 Å². The van der Waals surface area contributed by atoms with Crippen molar-refractivity contribution in [3.63, 3.8) is 0 Å². The zero-order valence-electron chi connectivity index (χ0n) is 16.1. The summed E-state index contributed by atoms with van der Waals surface area (Å²) < 4.78 is 0.376. The molecule has 6 rings (SSSR count). The Balaban J connectivity index is 0.000000118. The van der Waals surface area contributed by atoms with Crippen molar-refractivity contribution < 1.29 is 0 Å². The molecule has 33 heavy (non-hydrogen) atoms. The van der Waals surface area contributed by atoms with E-state index in [2.05, 4.69) is 59.8 Å². The van der Waals surface area contributed by atoms with Crippen LogP contribution in [0, 0.1) is 4.64 Å². The topological polar surface area (TPSA) is 272 Å². The van der Waals surface area contributed by atoms with Gasteiger partial charge in [0.05, 0.1) is 19.0 Å². The maximum absolute atomic E-state index is 11.0. The van der Waals surface area contributed by atoms with Crippen molar-refractivity contribution in [1.29, 1.82) is 0 Å². The fourth-order valence-electron chi connectivity index (χ4n) is 2.59. The molecule has 0 atom stereocenters. The Kier molecular flexibility index (Phi) is 5.47. The van der Waals surface area contributed by atoms with Crippen LogP contribution < -0.4 is 28.2 Å². The molecule has 0 aliphatic rings. The van der Waals surface area contributed by atoms with Gasteiger partial charge in [-0.3, -0.25) is 34.5 Å². The summed E-state index contributed by atoms with van der Waals surface area (Å²) in [4.78, 5) is 78.1. The largest absolute Gasteiger partial charge is 0.369 e. The van der Waals surface area contributed by atoms with Crippen molar-refractivity contribution in [2.24, 2.45) is 0 Å². The third kappa shape index (κ3) is 4.49. The monoisotopic (exact) mass is 471 g/mol. The van der Waals surface area contributed by atoms with Crippen molar-refractivity contribution in [2.75, 3.05) is 5.73 Å². The molecule has 6 aromatic heterocycles. The van der Waals surface area contributed by atoms with E-state index >= 15 is 0 Å². The number of imidazole rings is 3. The SMILES string of the molecule is Nc1nc2nc[nH]c2c(=O)[nH]1.O=c1[nH]c(=O)c2[nH]cnc2[nH]1.O=c1[nH]c(=S)c2[nH]cnc2[nH]1. The van der Waals surface area contributed by atoms with Crippen LogP contribution in [0.4, 0.5) is 5.95 Å². The number of anilines is 1. The number of hydrogen-bond donors (Lipinski definition) is 9.